The molecule has 0 aliphatic carbocycles. The zero-order chi connectivity index (χ0) is 13.2. The zero-order valence-corrected chi connectivity index (χ0v) is 12.0. The standard InChI is InChI=1S/C14H21N3S/c1-14(2)5-3-8-17(9-6-14)12-10-16-7-4-11(12)13(15)18/h4,7,10H,3,5-6,8-9H2,1-2H3,(H2,15,18). The van der Waals surface area contributed by atoms with E-state index in [1.54, 1.807) is 6.20 Å². The third-order valence-electron chi connectivity index (χ3n) is 3.75. The smallest absolute Gasteiger partial charge is 0.106 e. The molecule has 0 radical (unpaired) electrons. The minimum Gasteiger partial charge on any atom is -0.389 e. The summed E-state index contributed by atoms with van der Waals surface area (Å²) in [6.07, 6.45) is 7.30. The predicted octanol–water partition coefficient (Wildman–Crippen LogP) is 2.73. The van der Waals surface area contributed by atoms with Crippen LogP contribution >= 0.6 is 12.2 Å². The lowest BCUT2D eigenvalue weighted by atomic mass is 9.85. The van der Waals surface area contributed by atoms with Crippen molar-refractivity contribution in [3.63, 3.8) is 0 Å². The minimum atomic E-state index is 0.431. The number of nitrogens with zero attached hydrogens (tertiary/aromatic N) is 2. The van der Waals surface area contributed by atoms with E-state index >= 15 is 0 Å². The van der Waals surface area contributed by atoms with Gasteiger partial charge < -0.3 is 10.6 Å². The fraction of sp³-hybridized carbons (Fsp3) is 0.571. The summed E-state index contributed by atoms with van der Waals surface area (Å²) in [6.45, 7) is 6.79. The molecule has 1 saturated heterocycles. The summed E-state index contributed by atoms with van der Waals surface area (Å²) in [4.78, 5) is 7.04. The van der Waals surface area contributed by atoms with Crippen molar-refractivity contribution in [1.82, 2.24) is 4.98 Å². The van der Waals surface area contributed by atoms with Gasteiger partial charge in [0.15, 0.2) is 0 Å². The largest absolute Gasteiger partial charge is 0.389 e. The zero-order valence-electron chi connectivity index (χ0n) is 11.1. The van der Waals surface area contributed by atoms with Crippen LogP contribution in [0.15, 0.2) is 18.5 Å². The van der Waals surface area contributed by atoms with Crippen molar-refractivity contribution in [3.05, 3.63) is 24.0 Å². The van der Waals surface area contributed by atoms with Gasteiger partial charge in [0.05, 0.1) is 11.9 Å². The second kappa shape index (κ2) is 5.22. The lowest BCUT2D eigenvalue weighted by molar-refractivity contribution is 0.325. The first-order valence-corrected chi connectivity index (χ1v) is 6.89. The van der Waals surface area contributed by atoms with E-state index in [4.69, 9.17) is 18.0 Å². The molecule has 0 amide bonds. The highest BCUT2D eigenvalue weighted by molar-refractivity contribution is 7.80. The van der Waals surface area contributed by atoms with Crippen molar-refractivity contribution in [2.24, 2.45) is 11.1 Å². The third kappa shape index (κ3) is 2.99. The van der Waals surface area contributed by atoms with E-state index < -0.39 is 0 Å². The average molecular weight is 263 g/mol. The van der Waals surface area contributed by atoms with Gasteiger partial charge in [-0.1, -0.05) is 26.1 Å². The molecule has 0 saturated carbocycles. The van der Waals surface area contributed by atoms with Crippen molar-refractivity contribution in [3.8, 4) is 0 Å². The molecular formula is C14H21N3S. The van der Waals surface area contributed by atoms with Crippen LogP contribution < -0.4 is 10.6 Å². The Kier molecular flexibility index (Phi) is 3.85. The van der Waals surface area contributed by atoms with E-state index in [-0.39, 0.29) is 0 Å². The maximum atomic E-state index is 5.79. The van der Waals surface area contributed by atoms with Gasteiger partial charge in [0.2, 0.25) is 0 Å². The Morgan fingerprint density at radius 2 is 2.17 bits per heavy atom. The maximum absolute atomic E-state index is 5.79. The lowest BCUT2D eigenvalue weighted by Gasteiger charge is -2.26. The molecule has 0 aromatic carbocycles. The summed E-state index contributed by atoms with van der Waals surface area (Å²) in [5, 5.41) is 0. The summed E-state index contributed by atoms with van der Waals surface area (Å²) in [5.74, 6) is 0. The highest BCUT2D eigenvalue weighted by atomic mass is 32.1. The van der Waals surface area contributed by atoms with E-state index in [2.05, 4.69) is 23.7 Å². The molecule has 2 rings (SSSR count). The summed E-state index contributed by atoms with van der Waals surface area (Å²) < 4.78 is 0. The molecule has 18 heavy (non-hydrogen) atoms. The number of hydrogen-bond donors (Lipinski definition) is 1. The number of aromatic nitrogens is 1. The summed E-state index contributed by atoms with van der Waals surface area (Å²) >= 11 is 5.12. The summed E-state index contributed by atoms with van der Waals surface area (Å²) in [5.41, 5.74) is 8.25. The van der Waals surface area contributed by atoms with Gasteiger partial charge in [-0.25, -0.2) is 0 Å². The minimum absolute atomic E-state index is 0.431. The summed E-state index contributed by atoms with van der Waals surface area (Å²) in [7, 11) is 0. The van der Waals surface area contributed by atoms with Crippen LogP contribution in [0.25, 0.3) is 0 Å². The lowest BCUT2D eigenvalue weighted by Crippen LogP contribution is -2.28. The molecular weight excluding hydrogens is 242 g/mol. The second-order valence-corrected chi connectivity index (χ2v) is 6.20. The van der Waals surface area contributed by atoms with Gasteiger partial charge >= 0.3 is 0 Å². The van der Waals surface area contributed by atoms with E-state index in [0.717, 1.165) is 24.3 Å². The molecule has 2 heterocycles. The molecule has 1 aromatic heterocycles. The maximum Gasteiger partial charge on any atom is 0.106 e. The molecule has 98 valence electrons. The van der Waals surface area contributed by atoms with Crippen molar-refractivity contribution in [2.75, 3.05) is 18.0 Å². The Morgan fingerprint density at radius 3 is 2.89 bits per heavy atom. The van der Waals surface area contributed by atoms with Crippen LogP contribution in [-0.2, 0) is 0 Å². The highest BCUT2D eigenvalue weighted by Gasteiger charge is 2.24. The second-order valence-electron chi connectivity index (χ2n) is 5.76. The first kappa shape index (κ1) is 13.3. The molecule has 2 N–H and O–H groups in total. The fourth-order valence-corrected chi connectivity index (χ4v) is 2.68. The Hall–Kier alpha value is -1.16. The van der Waals surface area contributed by atoms with Crippen LogP contribution in [0.3, 0.4) is 0 Å². The van der Waals surface area contributed by atoms with Gasteiger partial charge in [-0.15, -0.1) is 0 Å². The van der Waals surface area contributed by atoms with Crippen LogP contribution in [0.2, 0.25) is 0 Å². The number of hydrogen-bond acceptors (Lipinski definition) is 3. The van der Waals surface area contributed by atoms with Crippen LogP contribution in [0.5, 0.6) is 0 Å². The average Bonchev–Trinajstić information content (AvgIpc) is 2.50. The molecule has 3 nitrogen and oxygen atoms in total. The number of anilines is 1. The molecule has 1 aliphatic rings. The Balaban J connectivity index is 2.24. The molecule has 0 bridgehead atoms. The quantitative estimate of drug-likeness (QED) is 0.833. The van der Waals surface area contributed by atoms with Crippen LogP contribution in [0, 0.1) is 5.41 Å². The monoisotopic (exact) mass is 263 g/mol. The van der Waals surface area contributed by atoms with E-state index in [1.807, 2.05) is 12.3 Å². The van der Waals surface area contributed by atoms with Gasteiger partial charge in [0, 0.05) is 24.8 Å². The molecule has 4 heteroatoms. The first-order chi connectivity index (χ1) is 8.49. The van der Waals surface area contributed by atoms with Crippen molar-refractivity contribution < 1.29 is 0 Å². The van der Waals surface area contributed by atoms with Gasteiger partial charge in [-0.05, 0) is 30.7 Å². The first-order valence-electron chi connectivity index (χ1n) is 6.48. The molecule has 0 atom stereocenters. The molecule has 1 aliphatic heterocycles. The number of thiocarbonyl (C=S) groups is 1. The van der Waals surface area contributed by atoms with E-state index in [1.165, 1.54) is 19.3 Å². The Bertz CT molecular complexity index is 442. The van der Waals surface area contributed by atoms with E-state index in [0.29, 0.717) is 10.4 Å². The number of rotatable bonds is 2. The SMILES string of the molecule is CC1(C)CCCN(c2cnccc2C(N)=S)CC1. The van der Waals surface area contributed by atoms with Crippen molar-refractivity contribution in [1.29, 1.82) is 0 Å². The Morgan fingerprint density at radius 1 is 1.39 bits per heavy atom. The predicted molar refractivity (Wildman–Crippen MR) is 80.0 cm³/mol. The fourth-order valence-electron chi connectivity index (χ4n) is 2.51. The Labute approximate surface area is 114 Å². The topological polar surface area (TPSA) is 42.2 Å². The third-order valence-corrected chi connectivity index (χ3v) is 3.97. The van der Waals surface area contributed by atoms with Crippen LogP contribution in [-0.4, -0.2) is 23.1 Å². The highest BCUT2D eigenvalue weighted by Crippen LogP contribution is 2.32. The van der Waals surface area contributed by atoms with Crippen LogP contribution in [0.4, 0.5) is 5.69 Å². The van der Waals surface area contributed by atoms with Gasteiger partial charge in [-0.3, -0.25) is 4.98 Å². The number of pyridine rings is 1. The van der Waals surface area contributed by atoms with Gasteiger partial charge in [0.25, 0.3) is 0 Å². The van der Waals surface area contributed by atoms with Gasteiger partial charge in [-0.2, -0.15) is 0 Å². The molecule has 0 spiro atoms. The molecule has 1 aromatic rings. The normalized spacial score (nSPS) is 19.3. The molecule has 1 fully saturated rings. The summed E-state index contributed by atoms with van der Waals surface area (Å²) in [6, 6.07) is 1.91. The molecule has 0 unspecified atom stereocenters. The van der Waals surface area contributed by atoms with Gasteiger partial charge in [0.1, 0.15) is 4.99 Å². The van der Waals surface area contributed by atoms with Crippen molar-refractivity contribution in [2.45, 2.75) is 33.1 Å². The van der Waals surface area contributed by atoms with Crippen molar-refractivity contribution >= 4 is 22.9 Å². The number of nitrogens with two attached hydrogens (primary N) is 1. The van der Waals surface area contributed by atoms with Crippen LogP contribution in [0.1, 0.15) is 38.7 Å². The van der Waals surface area contributed by atoms with E-state index in [9.17, 15) is 0 Å².